The molecular weight excluding hydrogens is 272 g/mol. The first kappa shape index (κ1) is 12.9. The Morgan fingerprint density at radius 1 is 1.40 bits per heavy atom. The molecule has 2 aromatic heterocycles. The van der Waals surface area contributed by atoms with Crippen molar-refractivity contribution in [1.29, 1.82) is 0 Å². The molecule has 5 heteroatoms. The number of rotatable bonds is 3. The third kappa shape index (κ3) is 1.91. The van der Waals surface area contributed by atoms with E-state index in [1.807, 2.05) is 24.3 Å². The first-order valence-electron chi connectivity index (χ1n) is 6.42. The molecule has 4 nitrogen and oxygen atoms in total. The molecule has 0 aliphatic rings. The molecule has 3 rings (SSSR count). The number of thiazole rings is 1. The van der Waals surface area contributed by atoms with Gasteiger partial charge in [0.1, 0.15) is 9.88 Å². The topological polar surface area (TPSA) is 66.0 Å². The van der Waals surface area contributed by atoms with Crippen LogP contribution in [0, 0.1) is 6.92 Å². The number of aromatic carboxylic acids is 1. The molecular formula is C15H14N2O2S. The summed E-state index contributed by atoms with van der Waals surface area (Å²) in [5.41, 5.74) is 3.76. The zero-order chi connectivity index (χ0) is 14.3. The summed E-state index contributed by atoms with van der Waals surface area (Å²) in [6, 6.07) is 8.03. The lowest BCUT2D eigenvalue weighted by Gasteiger charge is -1.98. The number of carboxylic acid groups (broad SMARTS) is 1. The number of hydrogen-bond donors (Lipinski definition) is 2. The summed E-state index contributed by atoms with van der Waals surface area (Å²) in [6.07, 6.45) is 0.852. The Bertz CT molecular complexity index is 801. The quantitative estimate of drug-likeness (QED) is 0.768. The van der Waals surface area contributed by atoms with Gasteiger partial charge in [-0.15, -0.1) is 11.3 Å². The van der Waals surface area contributed by atoms with E-state index in [9.17, 15) is 9.90 Å². The van der Waals surface area contributed by atoms with Gasteiger partial charge >= 0.3 is 5.97 Å². The van der Waals surface area contributed by atoms with Crippen molar-refractivity contribution in [2.45, 2.75) is 20.3 Å². The van der Waals surface area contributed by atoms with E-state index < -0.39 is 5.97 Å². The van der Waals surface area contributed by atoms with E-state index in [1.165, 1.54) is 11.3 Å². The molecule has 0 amide bonds. The number of H-pyrrole nitrogens is 1. The third-order valence-electron chi connectivity index (χ3n) is 3.34. The van der Waals surface area contributed by atoms with Gasteiger partial charge in [-0.05, 0) is 19.4 Å². The largest absolute Gasteiger partial charge is 0.477 e. The summed E-state index contributed by atoms with van der Waals surface area (Å²) in [7, 11) is 0. The molecule has 102 valence electrons. The molecule has 0 atom stereocenters. The molecule has 0 unspecified atom stereocenters. The number of benzene rings is 1. The number of nitrogens with one attached hydrogen (secondary N) is 1. The maximum Gasteiger partial charge on any atom is 0.347 e. The minimum absolute atomic E-state index is 0.312. The zero-order valence-corrected chi connectivity index (χ0v) is 12.0. The van der Waals surface area contributed by atoms with Gasteiger partial charge in [0.25, 0.3) is 0 Å². The Balaban J connectivity index is 2.28. The minimum Gasteiger partial charge on any atom is -0.477 e. The number of aromatic nitrogens is 2. The van der Waals surface area contributed by atoms with Crippen molar-refractivity contribution in [3.05, 3.63) is 40.5 Å². The third-order valence-corrected chi connectivity index (χ3v) is 4.50. The summed E-state index contributed by atoms with van der Waals surface area (Å²) in [6.45, 7) is 3.82. The molecule has 0 fully saturated rings. The number of nitrogens with zero attached hydrogens (tertiary/aromatic N) is 1. The number of aromatic amines is 1. The Labute approximate surface area is 120 Å². The number of hydrogen-bond acceptors (Lipinski definition) is 3. The van der Waals surface area contributed by atoms with Crippen LogP contribution in [0.25, 0.3) is 21.5 Å². The highest BCUT2D eigenvalue weighted by molar-refractivity contribution is 7.17. The second-order valence-electron chi connectivity index (χ2n) is 4.62. The van der Waals surface area contributed by atoms with Crippen molar-refractivity contribution in [1.82, 2.24) is 9.97 Å². The molecule has 2 heterocycles. The molecule has 1 aromatic carbocycles. The predicted octanol–water partition coefficient (Wildman–Crippen LogP) is 3.86. The lowest BCUT2D eigenvalue weighted by atomic mass is 10.1. The van der Waals surface area contributed by atoms with Crippen LogP contribution in [0.5, 0.6) is 0 Å². The first-order valence-corrected chi connectivity index (χ1v) is 7.24. The fourth-order valence-corrected chi connectivity index (χ4v) is 3.40. The standard InChI is InChI=1S/C15H14N2O2S/c1-3-10-12(9-6-4-5-7-11(9)17-10)14-16-8(2)13(20-14)15(18)19/h4-7,17H,3H2,1-2H3,(H,18,19). The van der Waals surface area contributed by atoms with E-state index >= 15 is 0 Å². The van der Waals surface area contributed by atoms with Gasteiger partial charge in [-0.25, -0.2) is 9.78 Å². The Hall–Kier alpha value is -2.14. The minimum atomic E-state index is -0.913. The van der Waals surface area contributed by atoms with Crippen molar-refractivity contribution < 1.29 is 9.90 Å². The second-order valence-corrected chi connectivity index (χ2v) is 5.62. The SMILES string of the molecule is CCc1[nH]c2ccccc2c1-c1nc(C)c(C(=O)O)s1. The maximum atomic E-state index is 11.2. The van der Waals surface area contributed by atoms with Crippen LogP contribution in [-0.4, -0.2) is 21.0 Å². The fourth-order valence-electron chi connectivity index (χ4n) is 2.41. The zero-order valence-electron chi connectivity index (χ0n) is 11.2. The summed E-state index contributed by atoms with van der Waals surface area (Å²) >= 11 is 1.24. The van der Waals surface area contributed by atoms with Crippen LogP contribution < -0.4 is 0 Å². The van der Waals surface area contributed by atoms with Crippen LogP contribution in [0.1, 0.15) is 28.0 Å². The molecule has 0 aliphatic carbocycles. The van der Waals surface area contributed by atoms with Crippen LogP contribution in [0.15, 0.2) is 24.3 Å². The summed E-state index contributed by atoms with van der Waals surface area (Å²) < 4.78 is 0. The van der Waals surface area contributed by atoms with Crippen molar-refractivity contribution in [3.8, 4) is 10.6 Å². The van der Waals surface area contributed by atoms with Crippen LogP contribution in [0.4, 0.5) is 0 Å². The molecule has 3 aromatic rings. The van der Waals surface area contributed by atoms with Crippen molar-refractivity contribution in [2.75, 3.05) is 0 Å². The molecule has 0 radical (unpaired) electrons. The van der Waals surface area contributed by atoms with Crippen LogP contribution in [-0.2, 0) is 6.42 Å². The van der Waals surface area contributed by atoms with Crippen molar-refractivity contribution in [3.63, 3.8) is 0 Å². The highest BCUT2D eigenvalue weighted by atomic mass is 32.1. The van der Waals surface area contributed by atoms with Crippen LogP contribution >= 0.6 is 11.3 Å². The van der Waals surface area contributed by atoms with Gasteiger partial charge in [0.2, 0.25) is 0 Å². The van der Waals surface area contributed by atoms with Gasteiger partial charge in [0.05, 0.1) is 5.69 Å². The Kier molecular flexibility index (Phi) is 3.06. The summed E-state index contributed by atoms with van der Waals surface area (Å²) in [5.74, 6) is -0.913. The van der Waals surface area contributed by atoms with E-state index in [2.05, 4.69) is 16.9 Å². The van der Waals surface area contributed by atoms with Crippen molar-refractivity contribution in [2.24, 2.45) is 0 Å². The average Bonchev–Trinajstić information content (AvgIpc) is 2.98. The number of carbonyl (C=O) groups is 1. The predicted molar refractivity (Wildman–Crippen MR) is 80.5 cm³/mol. The van der Waals surface area contributed by atoms with Gasteiger partial charge in [-0.1, -0.05) is 25.1 Å². The maximum absolute atomic E-state index is 11.2. The first-order chi connectivity index (χ1) is 9.61. The highest BCUT2D eigenvalue weighted by Gasteiger charge is 2.19. The summed E-state index contributed by atoms with van der Waals surface area (Å²) in [4.78, 5) is 19.3. The smallest absolute Gasteiger partial charge is 0.347 e. The van der Waals surface area contributed by atoms with Crippen LogP contribution in [0.2, 0.25) is 0 Å². The van der Waals surface area contributed by atoms with Crippen molar-refractivity contribution >= 4 is 28.2 Å². The molecule has 0 aliphatic heterocycles. The fraction of sp³-hybridized carbons (Fsp3) is 0.200. The molecule has 2 N–H and O–H groups in total. The number of carboxylic acids is 1. The number of aryl methyl sites for hydroxylation is 2. The van der Waals surface area contributed by atoms with E-state index in [-0.39, 0.29) is 0 Å². The molecule has 0 saturated carbocycles. The molecule has 0 saturated heterocycles. The average molecular weight is 286 g/mol. The van der Waals surface area contributed by atoms with Gasteiger partial charge in [0.15, 0.2) is 0 Å². The van der Waals surface area contributed by atoms with E-state index in [4.69, 9.17) is 0 Å². The monoisotopic (exact) mass is 286 g/mol. The van der Waals surface area contributed by atoms with Gasteiger partial charge in [0, 0.05) is 22.2 Å². The second kappa shape index (κ2) is 4.76. The van der Waals surface area contributed by atoms with E-state index in [1.54, 1.807) is 6.92 Å². The van der Waals surface area contributed by atoms with Gasteiger partial charge in [-0.2, -0.15) is 0 Å². The normalized spacial score (nSPS) is 11.1. The summed E-state index contributed by atoms with van der Waals surface area (Å²) in [5, 5.41) is 11.0. The highest BCUT2D eigenvalue weighted by Crippen LogP contribution is 2.36. The lowest BCUT2D eigenvalue weighted by Crippen LogP contribution is -1.94. The molecule has 20 heavy (non-hydrogen) atoms. The lowest BCUT2D eigenvalue weighted by molar-refractivity contribution is 0.0701. The Morgan fingerprint density at radius 2 is 2.15 bits per heavy atom. The van der Waals surface area contributed by atoms with Crippen LogP contribution in [0.3, 0.4) is 0 Å². The van der Waals surface area contributed by atoms with Gasteiger partial charge in [-0.3, -0.25) is 0 Å². The number of para-hydroxylation sites is 1. The Morgan fingerprint density at radius 3 is 2.80 bits per heavy atom. The molecule has 0 bridgehead atoms. The van der Waals surface area contributed by atoms with E-state index in [0.29, 0.717) is 10.6 Å². The van der Waals surface area contributed by atoms with E-state index in [0.717, 1.165) is 33.6 Å². The number of fused-ring (bicyclic) bond motifs is 1. The molecule has 0 spiro atoms. The van der Waals surface area contributed by atoms with Gasteiger partial charge < -0.3 is 10.1 Å².